The maximum Gasteiger partial charge on any atom is 0.336 e. The molecule has 0 saturated heterocycles. The van der Waals surface area contributed by atoms with Crippen LogP contribution in [0.3, 0.4) is 0 Å². The van der Waals surface area contributed by atoms with Crippen LogP contribution < -0.4 is 14.8 Å². The molecule has 1 N–H and O–H groups in total. The summed E-state index contributed by atoms with van der Waals surface area (Å²) in [5, 5.41) is 3.14. The van der Waals surface area contributed by atoms with E-state index in [1.54, 1.807) is 41.1 Å². The number of esters is 2. The minimum absolute atomic E-state index is 0.243. The number of methoxy groups -OCH3 is 2. The molecule has 1 heterocycles. The predicted octanol–water partition coefficient (Wildman–Crippen LogP) is 3.53. The lowest BCUT2D eigenvalue weighted by Gasteiger charge is -2.30. The highest BCUT2D eigenvalue weighted by Crippen LogP contribution is 2.36. The summed E-state index contributed by atoms with van der Waals surface area (Å²) in [5.74, 6) is -0.232. The Morgan fingerprint density at radius 1 is 1.00 bits per heavy atom. The summed E-state index contributed by atoms with van der Waals surface area (Å²) in [4.78, 5) is 25.7. The van der Waals surface area contributed by atoms with E-state index < -0.39 is 17.9 Å². The second-order valence-corrected chi connectivity index (χ2v) is 7.32. The van der Waals surface area contributed by atoms with E-state index in [9.17, 15) is 9.59 Å². The van der Waals surface area contributed by atoms with Crippen LogP contribution in [0.2, 0.25) is 0 Å². The van der Waals surface area contributed by atoms with E-state index in [-0.39, 0.29) is 12.7 Å². The maximum atomic E-state index is 12.9. The van der Waals surface area contributed by atoms with Crippen LogP contribution in [-0.2, 0) is 25.5 Å². The Bertz CT molecular complexity index is 868. The quantitative estimate of drug-likeness (QED) is 0.648. The molecule has 164 valence electrons. The van der Waals surface area contributed by atoms with Gasteiger partial charge in [-0.05, 0) is 58.7 Å². The fraction of sp³-hybridized carbons (Fsp3) is 0.478. The fourth-order valence-electron chi connectivity index (χ4n) is 3.61. The van der Waals surface area contributed by atoms with Crippen LogP contribution in [-0.4, -0.2) is 38.9 Å². The third-order valence-corrected chi connectivity index (χ3v) is 4.83. The predicted molar refractivity (Wildman–Crippen MR) is 113 cm³/mol. The zero-order valence-corrected chi connectivity index (χ0v) is 18.8. The molecule has 0 spiro atoms. The molecule has 1 unspecified atom stereocenters. The molecular weight excluding hydrogens is 386 g/mol. The molecule has 7 heteroatoms. The Labute approximate surface area is 178 Å². The van der Waals surface area contributed by atoms with E-state index in [0.29, 0.717) is 40.5 Å². The molecule has 0 amide bonds. The number of benzene rings is 1. The Morgan fingerprint density at radius 3 is 2.13 bits per heavy atom. The first-order valence-electron chi connectivity index (χ1n) is 10.0. The molecule has 0 fully saturated rings. The molecule has 30 heavy (non-hydrogen) atoms. The number of hydrogen-bond donors (Lipinski definition) is 1. The molecule has 0 aliphatic carbocycles. The van der Waals surface area contributed by atoms with Gasteiger partial charge in [0.2, 0.25) is 0 Å². The zero-order valence-electron chi connectivity index (χ0n) is 18.8. The SMILES string of the molecule is CCOC(=O)C1=C(C)NC(C)=C(C(=O)OC(C)C)C1Cc1ccc(OC)c(OC)c1. The summed E-state index contributed by atoms with van der Waals surface area (Å²) in [6.45, 7) is 9.20. The van der Waals surface area contributed by atoms with Crippen LogP contribution in [0.25, 0.3) is 0 Å². The maximum absolute atomic E-state index is 12.9. The molecule has 1 aliphatic rings. The summed E-state index contributed by atoms with van der Waals surface area (Å²) >= 11 is 0. The summed E-state index contributed by atoms with van der Waals surface area (Å²) < 4.78 is 21.5. The molecular formula is C23H31NO6. The van der Waals surface area contributed by atoms with Crippen molar-refractivity contribution < 1.29 is 28.5 Å². The number of nitrogens with one attached hydrogen (secondary N) is 1. The molecule has 2 rings (SSSR count). The molecule has 0 bridgehead atoms. The Morgan fingerprint density at radius 2 is 1.60 bits per heavy atom. The van der Waals surface area contributed by atoms with Gasteiger partial charge in [0.05, 0.1) is 38.1 Å². The van der Waals surface area contributed by atoms with Gasteiger partial charge in [0, 0.05) is 17.3 Å². The van der Waals surface area contributed by atoms with Gasteiger partial charge in [0.15, 0.2) is 11.5 Å². The van der Waals surface area contributed by atoms with Gasteiger partial charge in [-0.1, -0.05) is 6.07 Å². The molecule has 1 atom stereocenters. The van der Waals surface area contributed by atoms with Crippen molar-refractivity contribution in [1.29, 1.82) is 0 Å². The summed E-state index contributed by atoms with van der Waals surface area (Å²) in [7, 11) is 3.14. The second-order valence-electron chi connectivity index (χ2n) is 7.32. The minimum atomic E-state index is -0.519. The number of hydrogen-bond acceptors (Lipinski definition) is 7. The van der Waals surface area contributed by atoms with E-state index in [0.717, 1.165) is 5.56 Å². The van der Waals surface area contributed by atoms with Crippen molar-refractivity contribution in [3.8, 4) is 11.5 Å². The van der Waals surface area contributed by atoms with Gasteiger partial charge in [-0.15, -0.1) is 0 Å². The lowest BCUT2D eigenvalue weighted by atomic mass is 9.81. The highest BCUT2D eigenvalue weighted by Gasteiger charge is 2.37. The van der Waals surface area contributed by atoms with Gasteiger partial charge >= 0.3 is 11.9 Å². The number of carbonyl (C=O) groups is 2. The standard InChI is InChI=1S/C23H31NO6/c1-8-29-22(25)20-14(4)24-15(5)21(23(26)30-13(2)3)17(20)11-16-9-10-18(27-6)19(12-16)28-7/h9-10,12-13,17,24H,8,11H2,1-7H3. The van der Waals surface area contributed by atoms with Gasteiger partial charge < -0.3 is 24.3 Å². The molecule has 0 radical (unpaired) electrons. The lowest BCUT2D eigenvalue weighted by Crippen LogP contribution is -2.35. The van der Waals surface area contributed by atoms with Crippen LogP contribution in [0.5, 0.6) is 11.5 Å². The lowest BCUT2D eigenvalue weighted by molar-refractivity contribution is -0.143. The van der Waals surface area contributed by atoms with Crippen molar-refractivity contribution in [3.05, 3.63) is 46.3 Å². The third kappa shape index (κ3) is 5.14. The van der Waals surface area contributed by atoms with Crippen molar-refractivity contribution in [3.63, 3.8) is 0 Å². The third-order valence-electron chi connectivity index (χ3n) is 4.83. The normalized spacial score (nSPS) is 16.3. The summed E-state index contributed by atoms with van der Waals surface area (Å²) in [6.07, 6.45) is 0.116. The van der Waals surface area contributed by atoms with Crippen molar-refractivity contribution in [2.75, 3.05) is 20.8 Å². The topological polar surface area (TPSA) is 83.1 Å². The van der Waals surface area contributed by atoms with Crippen molar-refractivity contribution in [2.45, 2.75) is 47.1 Å². The smallest absolute Gasteiger partial charge is 0.336 e. The highest BCUT2D eigenvalue weighted by molar-refractivity contribution is 5.98. The number of dihydropyridines is 1. The van der Waals surface area contributed by atoms with Gasteiger partial charge in [-0.25, -0.2) is 9.59 Å². The molecule has 1 aromatic rings. The summed E-state index contributed by atoms with van der Waals surface area (Å²) in [6, 6.07) is 5.54. The van der Waals surface area contributed by atoms with E-state index in [1.165, 1.54) is 0 Å². The van der Waals surface area contributed by atoms with Crippen molar-refractivity contribution in [1.82, 2.24) is 5.32 Å². The molecule has 1 aliphatic heterocycles. The average molecular weight is 418 g/mol. The van der Waals surface area contributed by atoms with Crippen LogP contribution in [0.1, 0.15) is 40.2 Å². The Hall–Kier alpha value is -2.96. The minimum Gasteiger partial charge on any atom is -0.493 e. The molecule has 0 saturated carbocycles. The monoisotopic (exact) mass is 417 g/mol. The van der Waals surface area contributed by atoms with Crippen LogP contribution in [0.4, 0.5) is 0 Å². The number of ether oxygens (including phenoxy) is 4. The first kappa shape index (κ1) is 23.3. The molecule has 7 nitrogen and oxygen atoms in total. The zero-order chi connectivity index (χ0) is 22.4. The van der Waals surface area contributed by atoms with Crippen LogP contribution in [0.15, 0.2) is 40.7 Å². The van der Waals surface area contributed by atoms with Gasteiger partial charge in [-0.2, -0.15) is 0 Å². The average Bonchev–Trinajstić information content (AvgIpc) is 2.67. The van der Waals surface area contributed by atoms with E-state index in [4.69, 9.17) is 18.9 Å². The van der Waals surface area contributed by atoms with Gasteiger partial charge in [0.1, 0.15) is 0 Å². The van der Waals surface area contributed by atoms with E-state index in [1.807, 2.05) is 26.0 Å². The first-order valence-corrected chi connectivity index (χ1v) is 10.0. The Balaban J connectivity index is 2.53. The molecule has 0 aromatic heterocycles. The Kier molecular flexibility index (Phi) is 7.92. The molecule has 1 aromatic carbocycles. The number of allylic oxidation sites excluding steroid dienone is 2. The van der Waals surface area contributed by atoms with E-state index in [2.05, 4.69) is 5.32 Å². The number of carbonyl (C=O) groups excluding carboxylic acids is 2. The number of rotatable bonds is 8. The van der Waals surface area contributed by atoms with Crippen molar-refractivity contribution in [2.24, 2.45) is 5.92 Å². The van der Waals surface area contributed by atoms with Gasteiger partial charge in [-0.3, -0.25) is 0 Å². The highest BCUT2D eigenvalue weighted by atomic mass is 16.5. The van der Waals surface area contributed by atoms with Gasteiger partial charge in [0.25, 0.3) is 0 Å². The van der Waals surface area contributed by atoms with Crippen LogP contribution >= 0.6 is 0 Å². The van der Waals surface area contributed by atoms with Crippen LogP contribution in [0, 0.1) is 5.92 Å². The first-order chi connectivity index (χ1) is 14.2. The second kappa shape index (κ2) is 10.2. The summed E-state index contributed by atoms with van der Waals surface area (Å²) in [5.41, 5.74) is 3.06. The largest absolute Gasteiger partial charge is 0.493 e. The van der Waals surface area contributed by atoms with Crippen molar-refractivity contribution >= 4 is 11.9 Å². The van der Waals surface area contributed by atoms with E-state index >= 15 is 0 Å². The fourth-order valence-corrected chi connectivity index (χ4v) is 3.61.